The number of benzene rings is 6. The van der Waals surface area contributed by atoms with Crippen molar-refractivity contribution in [2.75, 3.05) is 69.7 Å². The number of nitrogens with zero attached hydrogens (tertiary/aromatic N) is 10. The maximum atomic E-state index is 12.5. The molecule has 3 aliphatic rings. The number of aliphatic hydroxyl groups excluding tert-OH is 1. The zero-order valence-electron chi connectivity index (χ0n) is 39.9. The van der Waals surface area contributed by atoms with Crippen molar-refractivity contribution in [3.8, 4) is 11.5 Å². The molecule has 11 rings (SSSR count). The minimum Gasteiger partial charge on any atom is -0.453 e. The molecule has 1 unspecified atom stereocenters. The van der Waals surface area contributed by atoms with Crippen LogP contribution in [0, 0.1) is 5.41 Å². The van der Waals surface area contributed by atoms with Gasteiger partial charge in [0.15, 0.2) is 17.0 Å². The Morgan fingerprint density at radius 3 is 2.15 bits per heavy atom. The molecular formula is C54H54Br2ClN11O3. The normalized spacial score (nSPS) is 13.3. The van der Waals surface area contributed by atoms with Gasteiger partial charge in [-0.1, -0.05) is 79.9 Å². The van der Waals surface area contributed by atoms with E-state index in [9.17, 15) is 9.90 Å². The molecular weight excluding hydrogens is 1050 g/mol. The van der Waals surface area contributed by atoms with E-state index in [1.54, 1.807) is 16.9 Å². The maximum absolute atomic E-state index is 12.5. The Morgan fingerprint density at radius 1 is 0.817 bits per heavy atom. The predicted octanol–water partition coefficient (Wildman–Crippen LogP) is 10.3. The van der Waals surface area contributed by atoms with Gasteiger partial charge in [0.2, 0.25) is 5.91 Å². The molecule has 1 atom stereocenters. The van der Waals surface area contributed by atoms with Crippen molar-refractivity contribution in [3.63, 3.8) is 0 Å². The Hall–Kier alpha value is -6.43. The third-order valence-corrected chi connectivity index (χ3v) is 13.9. The van der Waals surface area contributed by atoms with Crippen LogP contribution in [-0.2, 0) is 17.8 Å². The summed E-state index contributed by atoms with van der Waals surface area (Å²) in [5.41, 5.74) is 7.53. The standard InChI is InChI=1S/C20H19N3O.C17H18Br2N2O.C17H17ClN6O/c1-3-23(4-2)13-9-10-17-18(11-13)24-19-12-16(21)14-7-5-6-8-15(14)20(19)22-17;1-20(2)9-13(22)10-21-16-5-3-11(18)7-14(16)15-8-12(19)4-6-17(15)21;18-14-3-1-13(2-4-14)11-17(25)23-9-7-22(8-10-23)16-6-5-15-20-19-12-24(15)21-16/h5-12,21H,3-4H2,1-2H3;3-8,13,22H,9-10H2,1-2H3;1-6,12H,7-11H2. The monoisotopic (exact) mass is 1100 g/mol. The molecule has 0 spiro atoms. The minimum atomic E-state index is -0.402. The molecule has 0 saturated carbocycles. The van der Waals surface area contributed by atoms with Gasteiger partial charge in [-0.25, -0.2) is 4.98 Å². The number of halogens is 3. The number of hydrogen-bond acceptors (Lipinski definition) is 11. The number of likely N-dealkylation sites (N-methyl/N-ethyl adjacent to an activating group) is 1. The lowest BCUT2D eigenvalue weighted by atomic mass is 10.0. The average molecular weight is 1100 g/mol. The molecule has 1 saturated heterocycles. The predicted molar refractivity (Wildman–Crippen MR) is 292 cm³/mol. The third-order valence-electron chi connectivity index (χ3n) is 12.6. The van der Waals surface area contributed by atoms with Gasteiger partial charge in [0.1, 0.15) is 23.4 Å². The number of hydrogen-bond donors (Lipinski definition) is 2. The zero-order chi connectivity index (χ0) is 49.8. The molecule has 5 heterocycles. The summed E-state index contributed by atoms with van der Waals surface area (Å²) in [6, 6.07) is 39.6. The summed E-state index contributed by atoms with van der Waals surface area (Å²) in [6.45, 7) is 10.3. The third kappa shape index (κ3) is 11.2. The van der Waals surface area contributed by atoms with E-state index in [2.05, 4.69) is 106 Å². The van der Waals surface area contributed by atoms with E-state index in [0.29, 0.717) is 48.7 Å². The summed E-state index contributed by atoms with van der Waals surface area (Å²) in [7, 11) is 3.95. The van der Waals surface area contributed by atoms with Crippen LogP contribution in [0.1, 0.15) is 19.4 Å². The Balaban J connectivity index is 0.000000132. The summed E-state index contributed by atoms with van der Waals surface area (Å²) in [4.78, 5) is 25.6. The van der Waals surface area contributed by atoms with Crippen molar-refractivity contribution in [3.05, 3.63) is 153 Å². The van der Waals surface area contributed by atoms with Gasteiger partial charge in [0, 0.05) is 110 Å². The van der Waals surface area contributed by atoms with Crippen molar-refractivity contribution in [2.24, 2.45) is 0 Å². The van der Waals surface area contributed by atoms with E-state index in [1.807, 2.05) is 109 Å². The number of piperazine rings is 1. The van der Waals surface area contributed by atoms with Crippen LogP contribution < -0.4 is 15.2 Å². The smallest absolute Gasteiger partial charge is 0.227 e. The summed E-state index contributed by atoms with van der Waals surface area (Å²) in [6.07, 6.45) is 1.59. The van der Waals surface area contributed by atoms with Crippen molar-refractivity contribution < 1.29 is 14.3 Å². The number of aliphatic hydroxyl groups is 1. The molecule has 71 heavy (non-hydrogen) atoms. The summed E-state index contributed by atoms with van der Waals surface area (Å²) < 4.78 is 12.1. The van der Waals surface area contributed by atoms with E-state index < -0.39 is 6.10 Å². The van der Waals surface area contributed by atoms with Crippen LogP contribution in [0.4, 0.5) is 11.5 Å². The van der Waals surface area contributed by atoms with Crippen molar-refractivity contribution in [2.45, 2.75) is 32.9 Å². The van der Waals surface area contributed by atoms with E-state index in [4.69, 9.17) is 26.4 Å². The van der Waals surface area contributed by atoms with Gasteiger partial charge >= 0.3 is 0 Å². The molecule has 1 amide bonds. The number of carbonyl (C=O) groups excluding carboxylic acids is 1. The first-order valence-electron chi connectivity index (χ1n) is 23.6. The van der Waals surface area contributed by atoms with Gasteiger partial charge in [-0.3, -0.25) is 4.79 Å². The van der Waals surface area contributed by atoms with E-state index in [0.717, 1.165) is 96.4 Å². The first-order chi connectivity index (χ1) is 34.3. The Labute approximate surface area is 433 Å². The molecule has 5 aromatic carbocycles. The Bertz CT molecular complexity index is 3450. The highest BCUT2D eigenvalue weighted by Gasteiger charge is 2.23. The zero-order valence-corrected chi connectivity index (χ0v) is 43.9. The fourth-order valence-corrected chi connectivity index (χ4v) is 9.97. The molecule has 3 aromatic heterocycles. The first kappa shape index (κ1) is 49.5. The number of carbonyl (C=O) groups is 1. The molecule has 0 bridgehead atoms. The second-order valence-electron chi connectivity index (χ2n) is 17.7. The van der Waals surface area contributed by atoms with Crippen LogP contribution in [0.15, 0.2) is 141 Å². The number of amides is 1. The van der Waals surface area contributed by atoms with E-state index in [1.165, 1.54) is 10.8 Å². The van der Waals surface area contributed by atoms with Crippen LogP contribution in [0.2, 0.25) is 5.02 Å². The van der Waals surface area contributed by atoms with Crippen LogP contribution in [-0.4, -0.2) is 116 Å². The largest absolute Gasteiger partial charge is 0.453 e. The molecule has 17 heteroatoms. The fourth-order valence-electron chi connectivity index (χ4n) is 9.12. The second-order valence-corrected chi connectivity index (χ2v) is 20.0. The SMILES string of the molecule is CCN(CC)c1ccc2nc3c4ccccc4c(=N)cc-3oc2c1.CN(C)CC(O)Cn1c2ccc(Br)cc2c2cc(Br)ccc21.O=C(Cc1ccc(Cl)cc1)N1CCN(c2ccc3nncn3n2)CC1. The Morgan fingerprint density at radius 2 is 1.49 bits per heavy atom. The van der Waals surface area contributed by atoms with Crippen LogP contribution in [0.3, 0.4) is 0 Å². The number of nitrogens with one attached hydrogen (secondary N) is 1. The van der Waals surface area contributed by atoms with Crippen molar-refractivity contribution in [1.29, 1.82) is 5.41 Å². The quantitative estimate of drug-likeness (QED) is 0.100. The highest BCUT2D eigenvalue weighted by atomic mass is 79.9. The maximum Gasteiger partial charge on any atom is 0.227 e. The fraction of sp³-hybridized carbons (Fsp3) is 0.259. The molecule has 0 radical (unpaired) electrons. The molecule has 14 nitrogen and oxygen atoms in total. The lowest BCUT2D eigenvalue weighted by Gasteiger charge is -2.35. The van der Waals surface area contributed by atoms with Gasteiger partial charge < -0.3 is 39.1 Å². The van der Waals surface area contributed by atoms with Crippen molar-refractivity contribution >= 4 is 110 Å². The minimum absolute atomic E-state index is 0.143. The van der Waals surface area contributed by atoms with Gasteiger partial charge in [-0.05, 0) is 106 Å². The van der Waals surface area contributed by atoms with Gasteiger partial charge in [-0.2, -0.15) is 4.52 Å². The molecule has 1 aliphatic carbocycles. The average Bonchev–Trinajstić information content (AvgIpc) is 3.96. The lowest BCUT2D eigenvalue weighted by Crippen LogP contribution is -2.49. The van der Waals surface area contributed by atoms with Crippen LogP contribution in [0.25, 0.3) is 60.8 Å². The summed E-state index contributed by atoms with van der Waals surface area (Å²) in [5.74, 6) is 1.67. The van der Waals surface area contributed by atoms with Gasteiger partial charge in [0.05, 0.1) is 24.4 Å². The molecule has 2 N–H and O–H groups in total. The molecule has 8 aromatic rings. The number of aromatic nitrogens is 6. The van der Waals surface area contributed by atoms with Crippen molar-refractivity contribution in [1.82, 2.24) is 39.2 Å². The highest BCUT2D eigenvalue weighted by molar-refractivity contribution is 9.10. The van der Waals surface area contributed by atoms with Crippen LogP contribution in [0.5, 0.6) is 0 Å². The Kier molecular flexibility index (Phi) is 15.3. The van der Waals surface area contributed by atoms with Gasteiger partial charge in [-0.15, -0.1) is 15.3 Å². The number of fused-ring (bicyclic) bond motifs is 8. The molecule has 1 fully saturated rings. The summed E-state index contributed by atoms with van der Waals surface area (Å²) in [5, 5.41) is 36.3. The van der Waals surface area contributed by atoms with E-state index >= 15 is 0 Å². The molecule has 2 aliphatic heterocycles. The summed E-state index contributed by atoms with van der Waals surface area (Å²) >= 11 is 13.0. The molecule has 364 valence electrons. The number of rotatable bonds is 10. The van der Waals surface area contributed by atoms with E-state index in [-0.39, 0.29) is 5.91 Å². The van der Waals surface area contributed by atoms with Gasteiger partial charge in [0.25, 0.3) is 0 Å². The number of anilines is 2. The first-order valence-corrected chi connectivity index (χ1v) is 25.5. The second kappa shape index (κ2) is 21.9. The topological polar surface area (TPSA) is 148 Å². The highest BCUT2D eigenvalue weighted by Crippen LogP contribution is 2.34. The van der Waals surface area contributed by atoms with Crippen LogP contribution >= 0.6 is 43.5 Å². The lowest BCUT2D eigenvalue weighted by molar-refractivity contribution is -0.130.